The van der Waals surface area contributed by atoms with Gasteiger partial charge in [0.25, 0.3) is 0 Å². The van der Waals surface area contributed by atoms with Crippen LogP contribution in [0.4, 0.5) is 0 Å². The quantitative estimate of drug-likeness (QED) is 0.363. The number of hydrogen-bond donors (Lipinski definition) is 0. The van der Waals surface area contributed by atoms with Gasteiger partial charge in [0, 0.05) is 0 Å². The molecule has 0 unspecified atom stereocenters. The Hall–Kier alpha value is -0.703. The molecule has 2 rings (SSSR count). The van der Waals surface area contributed by atoms with Gasteiger partial charge in [-0.15, -0.1) is 16.8 Å². The average molecular weight is 148 g/mol. The molecule has 54 valence electrons. The zero-order valence-corrected chi connectivity index (χ0v) is 7.46. The van der Waals surface area contributed by atoms with Gasteiger partial charge in [-0.05, 0) is 0 Å². The monoisotopic (exact) mass is 148 g/mol. The van der Waals surface area contributed by atoms with Crippen molar-refractivity contribution in [3.05, 3.63) is 48.0 Å². The fourth-order valence-corrected chi connectivity index (χ4v) is 1.32. The Labute approximate surface area is 84.8 Å². The van der Waals surface area contributed by atoms with Crippen LogP contribution in [0, 0.1) is 13.0 Å². The van der Waals surface area contributed by atoms with Crippen LogP contribution in [-0.4, -0.2) is 0 Å². The van der Waals surface area contributed by atoms with E-state index in [9.17, 15) is 0 Å². The summed E-state index contributed by atoms with van der Waals surface area (Å²) in [7, 11) is 0. The summed E-state index contributed by atoms with van der Waals surface area (Å²) >= 11 is 0. The number of benzene rings is 2. The zero-order chi connectivity index (χ0) is 7.68. The molecule has 0 spiro atoms. The Morgan fingerprint density at radius 3 is 2.58 bits per heavy atom. The molecule has 0 N–H and O–H groups in total. The van der Waals surface area contributed by atoms with E-state index in [1.165, 1.54) is 16.3 Å². The minimum absolute atomic E-state index is 0. The molecule has 2 aromatic rings. The van der Waals surface area contributed by atoms with Crippen LogP contribution in [0.25, 0.3) is 10.8 Å². The van der Waals surface area contributed by atoms with Crippen LogP contribution < -0.4 is 18.9 Å². The first-order valence-corrected chi connectivity index (χ1v) is 3.73. The molecule has 0 nitrogen and oxygen atoms in total. The van der Waals surface area contributed by atoms with Crippen molar-refractivity contribution < 1.29 is 18.9 Å². The largest absolute Gasteiger partial charge is 1.00 e. The van der Waals surface area contributed by atoms with E-state index in [4.69, 9.17) is 0 Å². The second-order valence-corrected chi connectivity index (χ2v) is 2.73. The van der Waals surface area contributed by atoms with Crippen molar-refractivity contribution in [3.63, 3.8) is 0 Å². The molecule has 0 radical (unpaired) electrons. The fraction of sp³-hybridized carbons (Fsp3) is 0.0909. The molecule has 0 saturated heterocycles. The molecule has 1 heteroatoms. The van der Waals surface area contributed by atoms with Crippen molar-refractivity contribution >= 4 is 10.8 Å². The summed E-state index contributed by atoms with van der Waals surface area (Å²) in [5, 5.41) is 2.60. The van der Waals surface area contributed by atoms with Crippen LogP contribution >= 0.6 is 0 Å². The molecule has 12 heavy (non-hydrogen) atoms. The van der Waals surface area contributed by atoms with E-state index in [0.29, 0.717) is 0 Å². The third-order valence-corrected chi connectivity index (χ3v) is 1.92. The fourth-order valence-electron chi connectivity index (χ4n) is 1.32. The molecule has 0 bridgehead atoms. The third-order valence-electron chi connectivity index (χ3n) is 1.92. The molecular weight excluding hydrogens is 139 g/mol. The number of hydrogen-bond acceptors (Lipinski definition) is 0. The number of fused-ring (bicyclic) bond motifs is 1. The van der Waals surface area contributed by atoms with Gasteiger partial charge in [-0.2, -0.15) is 23.8 Å². The average Bonchev–Trinajstić information content (AvgIpc) is 2.06. The van der Waals surface area contributed by atoms with Crippen LogP contribution in [0.3, 0.4) is 0 Å². The van der Waals surface area contributed by atoms with Gasteiger partial charge < -0.3 is 0 Å². The Balaban J connectivity index is 0.000000720. The van der Waals surface area contributed by atoms with E-state index in [1.54, 1.807) is 0 Å². The smallest absolute Gasteiger partial charge is 0.183 e. The van der Waals surface area contributed by atoms with Crippen LogP contribution in [0.2, 0.25) is 0 Å². The molecule has 0 aromatic heterocycles. The summed E-state index contributed by atoms with van der Waals surface area (Å²) < 4.78 is 0. The van der Waals surface area contributed by atoms with Gasteiger partial charge >= 0.3 is 18.9 Å². The SMILES string of the molecule is Cc1c[c-]cc2ccccc12.[Li+]. The van der Waals surface area contributed by atoms with Crippen LogP contribution in [0.1, 0.15) is 5.56 Å². The van der Waals surface area contributed by atoms with Gasteiger partial charge in [-0.1, -0.05) is 25.1 Å². The second kappa shape index (κ2) is 3.80. The van der Waals surface area contributed by atoms with E-state index in [0.717, 1.165) is 0 Å². The van der Waals surface area contributed by atoms with E-state index in [-0.39, 0.29) is 18.9 Å². The van der Waals surface area contributed by atoms with E-state index < -0.39 is 0 Å². The predicted octanol–water partition coefficient (Wildman–Crippen LogP) is -0.0476. The maximum absolute atomic E-state index is 3.10. The van der Waals surface area contributed by atoms with E-state index in [2.05, 4.69) is 37.3 Å². The molecule has 0 atom stereocenters. The predicted molar refractivity (Wildman–Crippen MR) is 47.5 cm³/mol. The standard InChI is InChI=1S/C11H9.Li/c1-9-5-4-7-10-6-2-3-8-11(9)10;/h2-3,5-8H,1H3;/q-1;+1. The van der Waals surface area contributed by atoms with E-state index >= 15 is 0 Å². The molecular formula is C11H9Li. The molecule has 0 fully saturated rings. The van der Waals surface area contributed by atoms with Crippen LogP contribution in [0.5, 0.6) is 0 Å². The van der Waals surface area contributed by atoms with Crippen molar-refractivity contribution in [1.82, 2.24) is 0 Å². The number of rotatable bonds is 0. The molecule has 2 aromatic carbocycles. The summed E-state index contributed by atoms with van der Waals surface area (Å²) in [5.41, 5.74) is 1.29. The zero-order valence-electron chi connectivity index (χ0n) is 7.46. The maximum Gasteiger partial charge on any atom is 1.00 e. The van der Waals surface area contributed by atoms with Crippen molar-refractivity contribution in [2.45, 2.75) is 6.92 Å². The van der Waals surface area contributed by atoms with Gasteiger partial charge in [0.05, 0.1) is 0 Å². The van der Waals surface area contributed by atoms with Crippen molar-refractivity contribution in [1.29, 1.82) is 0 Å². The minimum Gasteiger partial charge on any atom is -0.183 e. The second-order valence-electron chi connectivity index (χ2n) is 2.73. The summed E-state index contributed by atoms with van der Waals surface area (Å²) in [6, 6.07) is 15.5. The first kappa shape index (κ1) is 9.39. The van der Waals surface area contributed by atoms with Crippen LogP contribution in [0.15, 0.2) is 36.4 Å². The first-order valence-electron chi connectivity index (χ1n) is 3.73. The van der Waals surface area contributed by atoms with Crippen molar-refractivity contribution in [3.8, 4) is 0 Å². The molecule has 0 saturated carbocycles. The van der Waals surface area contributed by atoms with Gasteiger partial charge in [0.1, 0.15) is 0 Å². The molecule has 0 aliphatic carbocycles. The van der Waals surface area contributed by atoms with E-state index in [1.807, 2.05) is 12.1 Å². The normalized spacial score (nSPS) is 9.42. The Morgan fingerprint density at radius 2 is 1.83 bits per heavy atom. The van der Waals surface area contributed by atoms with Gasteiger partial charge in [-0.25, -0.2) is 0 Å². The Bertz CT molecular complexity index is 374. The van der Waals surface area contributed by atoms with Crippen molar-refractivity contribution in [2.24, 2.45) is 0 Å². The molecule has 0 heterocycles. The van der Waals surface area contributed by atoms with Gasteiger partial charge in [0.2, 0.25) is 0 Å². The van der Waals surface area contributed by atoms with Crippen LogP contribution in [-0.2, 0) is 0 Å². The maximum atomic E-state index is 3.10. The Kier molecular flexibility index (Phi) is 2.98. The Morgan fingerprint density at radius 1 is 1.08 bits per heavy atom. The van der Waals surface area contributed by atoms with Gasteiger partial charge in [0.15, 0.2) is 0 Å². The third kappa shape index (κ3) is 1.55. The molecule has 0 aliphatic heterocycles. The molecule has 0 amide bonds. The molecule has 0 aliphatic rings. The first-order chi connectivity index (χ1) is 5.38. The van der Waals surface area contributed by atoms with Gasteiger partial charge in [-0.3, -0.25) is 0 Å². The summed E-state index contributed by atoms with van der Waals surface area (Å²) in [4.78, 5) is 0. The topological polar surface area (TPSA) is 0 Å². The summed E-state index contributed by atoms with van der Waals surface area (Å²) in [5.74, 6) is 0. The summed E-state index contributed by atoms with van der Waals surface area (Å²) in [6.07, 6.45) is 0. The van der Waals surface area contributed by atoms with Crippen molar-refractivity contribution in [2.75, 3.05) is 0 Å². The number of aryl methyl sites for hydroxylation is 1. The summed E-state index contributed by atoms with van der Waals surface area (Å²) in [6.45, 7) is 2.11. The minimum atomic E-state index is 0.